The highest BCUT2D eigenvalue weighted by Crippen LogP contribution is 2.24. The number of halogens is 1. The van der Waals surface area contributed by atoms with E-state index in [4.69, 9.17) is 11.6 Å². The average Bonchev–Trinajstić information content (AvgIpc) is 2.81. The molecule has 19 heavy (non-hydrogen) atoms. The maximum absolute atomic E-state index is 11.6. The lowest BCUT2D eigenvalue weighted by Gasteiger charge is -2.13. The van der Waals surface area contributed by atoms with Crippen molar-refractivity contribution in [1.82, 2.24) is 10.3 Å². The number of carbonyl (C=O) groups is 1. The van der Waals surface area contributed by atoms with Crippen molar-refractivity contribution < 1.29 is 9.90 Å². The second-order valence-electron chi connectivity index (χ2n) is 4.75. The van der Waals surface area contributed by atoms with E-state index in [9.17, 15) is 9.90 Å². The van der Waals surface area contributed by atoms with E-state index < -0.39 is 0 Å². The Hall–Kier alpha value is -1.39. The van der Waals surface area contributed by atoms with Crippen LogP contribution in [-0.2, 0) is 4.79 Å². The van der Waals surface area contributed by atoms with E-state index in [1.54, 1.807) is 24.4 Å². The van der Waals surface area contributed by atoms with Crippen LogP contribution in [0.4, 0.5) is 0 Å². The Morgan fingerprint density at radius 1 is 1.53 bits per heavy atom. The summed E-state index contributed by atoms with van der Waals surface area (Å²) in [5.74, 6) is 0.0311. The molecule has 1 amide bonds. The minimum Gasteiger partial charge on any atom is -0.393 e. The van der Waals surface area contributed by atoms with Crippen molar-refractivity contribution in [3.05, 3.63) is 35.1 Å². The minimum absolute atomic E-state index is 0.158. The van der Waals surface area contributed by atoms with Crippen molar-refractivity contribution in [3.63, 3.8) is 0 Å². The molecule has 1 aliphatic rings. The van der Waals surface area contributed by atoms with Crippen LogP contribution in [0.1, 0.15) is 24.8 Å². The number of aliphatic hydroxyl groups is 1. The van der Waals surface area contributed by atoms with E-state index >= 15 is 0 Å². The van der Waals surface area contributed by atoms with Crippen LogP contribution in [0.3, 0.4) is 0 Å². The number of aromatic nitrogens is 1. The Kier molecular flexibility index (Phi) is 4.93. The third-order valence-electron chi connectivity index (χ3n) is 3.33. The summed E-state index contributed by atoms with van der Waals surface area (Å²) in [7, 11) is 0. The van der Waals surface area contributed by atoms with Crippen LogP contribution in [0.15, 0.2) is 24.4 Å². The lowest BCUT2D eigenvalue weighted by Crippen LogP contribution is -2.31. The Morgan fingerprint density at radius 3 is 3.00 bits per heavy atom. The molecule has 2 rings (SSSR count). The summed E-state index contributed by atoms with van der Waals surface area (Å²) in [5.41, 5.74) is 0.820. The van der Waals surface area contributed by atoms with Gasteiger partial charge in [0.15, 0.2) is 0 Å². The standard InChI is InChI=1S/C14H17ClN2O2/c15-13-6-4-10(8-16-13)5-7-14(19)17-9-11-2-1-3-12(11)18/h4-8,11-12,18H,1-3,9H2,(H,17,19)/b7-5+. The second-order valence-corrected chi connectivity index (χ2v) is 5.14. The maximum atomic E-state index is 11.6. The van der Waals surface area contributed by atoms with Gasteiger partial charge in [0.2, 0.25) is 5.91 Å². The molecule has 2 atom stereocenters. The summed E-state index contributed by atoms with van der Waals surface area (Å²) in [4.78, 5) is 15.5. The Morgan fingerprint density at radius 2 is 2.37 bits per heavy atom. The van der Waals surface area contributed by atoms with Gasteiger partial charge in [-0.2, -0.15) is 0 Å². The van der Waals surface area contributed by atoms with Crippen molar-refractivity contribution >= 4 is 23.6 Å². The van der Waals surface area contributed by atoms with Crippen LogP contribution >= 0.6 is 11.6 Å². The normalized spacial score (nSPS) is 22.8. The zero-order chi connectivity index (χ0) is 13.7. The summed E-state index contributed by atoms with van der Waals surface area (Å²) in [6.07, 6.45) is 7.33. The van der Waals surface area contributed by atoms with Gasteiger partial charge in [0, 0.05) is 24.7 Å². The first-order chi connectivity index (χ1) is 9.15. The first kappa shape index (κ1) is 14.0. The highest BCUT2D eigenvalue weighted by molar-refractivity contribution is 6.29. The molecule has 1 heterocycles. The molecule has 0 radical (unpaired) electrons. The summed E-state index contributed by atoms with van der Waals surface area (Å²) in [5, 5.41) is 12.9. The number of amides is 1. The predicted molar refractivity (Wildman–Crippen MR) is 74.6 cm³/mol. The third-order valence-corrected chi connectivity index (χ3v) is 3.56. The molecule has 4 nitrogen and oxygen atoms in total. The molecular weight excluding hydrogens is 264 g/mol. The Bertz CT molecular complexity index is 459. The molecule has 1 fully saturated rings. The van der Waals surface area contributed by atoms with E-state index in [2.05, 4.69) is 10.3 Å². The Labute approximate surface area is 117 Å². The summed E-state index contributed by atoms with van der Waals surface area (Å²) < 4.78 is 0. The molecule has 1 aromatic rings. The fourth-order valence-electron chi connectivity index (χ4n) is 2.20. The molecule has 1 saturated carbocycles. The SMILES string of the molecule is O=C(/C=C/c1ccc(Cl)nc1)NCC1CCCC1O. The topological polar surface area (TPSA) is 62.2 Å². The van der Waals surface area contributed by atoms with Crippen LogP contribution < -0.4 is 5.32 Å². The fourth-order valence-corrected chi connectivity index (χ4v) is 2.32. The van der Waals surface area contributed by atoms with Crippen LogP contribution in [0.2, 0.25) is 5.15 Å². The van der Waals surface area contributed by atoms with Crippen molar-refractivity contribution in [2.45, 2.75) is 25.4 Å². The fraction of sp³-hybridized carbons (Fsp3) is 0.429. The van der Waals surface area contributed by atoms with Gasteiger partial charge in [0.25, 0.3) is 0 Å². The van der Waals surface area contributed by atoms with Crippen molar-refractivity contribution in [1.29, 1.82) is 0 Å². The van der Waals surface area contributed by atoms with E-state index in [1.807, 2.05) is 0 Å². The van der Waals surface area contributed by atoms with Gasteiger partial charge in [-0.3, -0.25) is 4.79 Å². The van der Waals surface area contributed by atoms with E-state index in [0.29, 0.717) is 11.7 Å². The molecule has 0 aliphatic heterocycles. The zero-order valence-corrected chi connectivity index (χ0v) is 11.3. The zero-order valence-electron chi connectivity index (χ0n) is 10.6. The van der Waals surface area contributed by atoms with Crippen molar-refractivity contribution in [3.8, 4) is 0 Å². The predicted octanol–water partition coefficient (Wildman–Crippen LogP) is 2.03. The van der Waals surface area contributed by atoms with E-state index in [-0.39, 0.29) is 17.9 Å². The van der Waals surface area contributed by atoms with Crippen LogP contribution in [0.25, 0.3) is 6.08 Å². The molecule has 102 valence electrons. The number of hydrogen-bond acceptors (Lipinski definition) is 3. The van der Waals surface area contributed by atoms with Crippen molar-refractivity contribution in [2.75, 3.05) is 6.54 Å². The van der Waals surface area contributed by atoms with E-state index in [0.717, 1.165) is 24.8 Å². The molecule has 0 saturated heterocycles. The molecule has 0 aromatic carbocycles. The monoisotopic (exact) mass is 280 g/mol. The van der Waals surface area contributed by atoms with Gasteiger partial charge in [-0.1, -0.05) is 24.1 Å². The van der Waals surface area contributed by atoms with Gasteiger partial charge in [-0.25, -0.2) is 4.98 Å². The number of rotatable bonds is 4. The van der Waals surface area contributed by atoms with Crippen LogP contribution in [0.5, 0.6) is 0 Å². The molecule has 0 bridgehead atoms. The highest BCUT2D eigenvalue weighted by atomic mass is 35.5. The van der Waals surface area contributed by atoms with Gasteiger partial charge >= 0.3 is 0 Å². The lowest BCUT2D eigenvalue weighted by molar-refractivity contribution is -0.116. The maximum Gasteiger partial charge on any atom is 0.244 e. The number of carbonyl (C=O) groups excluding carboxylic acids is 1. The first-order valence-corrected chi connectivity index (χ1v) is 6.78. The van der Waals surface area contributed by atoms with Gasteiger partial charge in [0.05, 0.1) is 6.10 Å². The molecular formula is C14H17ClN2O2. The molecule has 1 aromatic heterocycles. The number of hydrogen-bond donors (Lipinski definition) is 2. The second kappa shape index (κ2) is 6.68. The summed E-state index contributed by atoms with van der Waals surface area (Å²) in [6, 6.07) is 3.47. The first-order valence-electron chi connectivity index (χ1n) is 6.40. The largest absolute Gasteiger partial charge is 0.393 e. The van der Waals surface area contributed by atoms with Gasteiger partial charge in [0.1, 0.15) is 5.15 Å². The van der Waals surface area contributed by atoms with Crippen molar-refractivity contribution in [2.24, 2.45) is 5.92 Å². The molecule has 5 heteroatoms. The average molecular weight is 281 g/mol. The lowest BCUT2D eigenvalue weighted by atomic mass is 10.1. The number of nitrogens with one attached hydrogen (secondary N) is 1. The number of nitrogens with zero attached hydrogens (tertiary/aromatic N) is 1. The highest BCUT2D eigenvalue weighted by Gasteiger charge is 2.24. The Balaban J connectivity index is 1.79. The molecule has 0 spiro atoms. The quantitative estimate of drug-likeness (QED) is 0.655. The van der Waals surface area contributed by atoms with Crippen LogP contribution in [0, 0.1) is 5.92 Å². The van der Waals surface area contributed by atoms with Gasteiger partial charge in [-0.05, 0) is 30.5 Å². The number of aliphatic hydroxyl groups excluding tert-OH is 1. The number of pyridine rings is 1. The van der Waals surface area contributed by atoms with Crippen LogP contribution in [-0.4, -0.2) is 28.6 Å². The minimum atomic E-state index is -0.273. The molecule has 1 aliphatic carbocycles. The van der Waals surface area contributed by atoms with E-state index in [1.165, 1.54) is 6.08 Å². The smallest absolute Gasteiger partial charge is 0.244 e. The third kappa shape index (κ3) is 4.33. The summed E-state index contributed by atoms with van der Waals surface area (Å²) >= 11 is 5.67. The molecule has 2 N–H and O–H groups in total. The van der Waals surface area contributed by atoms with Gasteiger partial charge in [-0.15, -0.1) is 0 Å². The molecule has 2 unspecified atom stereocenters. The summed E-state index contributed by atoms with van der Waals surface area (Å²) in [6.45, 7) is 0.531. The van der Waals surface area contributed by atoms with Gasteiger partial charge < -0.3 is 10.4 Å².